The molecule has 0 saturated carbocycles. The highest BCUT2D eigenvalue weighted by Gasteiger charge is 2.08. The third-order valence-electron chi connectivity index (χ3n) is 2.98. The van der Waals surface area contributed by atoms with E-state index in [1.807, 2.05) is 37.3 Å². The monoisotopic (exact) mass is 301 g/mol. The van der Waals surface area contributed by atoms with Crippen LogP contribution in [-0.4, -0.2) is 10.0 Å². The molecule has 0 heterocycles. The van der Waals surface area contributed by atoms with Gasteiger partial charge in [0.1, 0.15) is 0 Å². The van der Waals surface area contributed by atoms with Gasteiger partial charge in [-0.3, -0.25) is 10.1 Å². The first kappa shape index (κ1) is 14.9. The Morgan fingerprint density at radius 2 is 1.76 bits per heavy atom. The fraction of sp³-hybridized carbons (Fsp3) is 0.133. The molecule has 0 amide bonds. The Morgan fingerprint density at radius 1 is 1.14 bits per heavy atom. The topological polar surface area (TPSA) is 67.2 Å². The van der Waals surface area contributed by atoms with Gasteiger partial charge in [-0.1, -0.05) is 30.3 Å². The zero-order valence-electron chi connectivity index (χ0n) is 11.4. The molecular weight excluding hydrogens is 286 g/mol. The summed E-state index contributed by atoms with van der Waals surface area (Å²) in [6.45, 7) is 2.01. The third-order valence-corrected chi connectivity index (χ3v) is 3.20. The first-order valence-electron chi connectivity index (χ1n) is 6.43. The van der Waals surface area contributed by atoms with Crippen molar-refractivity contribution in [1.82, 2.24) is 5.32 Å². The molecule has 0 aliphatic rings. The van der Waals surface area contributed by atoms with Crippen LogP contribution in [0.2, 0.25) is 0 Å². The molecule has 0 fully saturated rings. The van der Waals surface area contributed by atoms with E-state index in [1.54, 1.807) is 12.1 Å². The van der Waals surface area contributed by atoms with Crippen molar-refractivity contribution < 1.29 is 4.92 Å². The number of hydrogen-bond donors (Lipinski definition) is 2. The number of thiocarbonyl (C=S) groups is 1. The van der Waals surface area contributed by atoms with Crippen LogP contribution in [0, 0.1) is 10.1 Å². The molecule has 0 aliphatic carbocycles. The molecule has 1 atom stereocenters. The third kappa shape index (κ3) is 4.25. The molecule has 2 aromatic rings. The molecule has 0 aliphatic heterocycles. The first-order chi connectivity index (χ1) is 10.1. The minimum Gasteiger partial charge on any atom is -0.356 e. The van der Waals surface area contributed by atoms with Crippen LogP contribution in [0.25, 0.3) is 0 Å². The van der Waals surface area contributed by atoms with Gasteiger partial charge in [-0.05, 0) is 36.8 Å². The summed E-state index contributed by atoms with van der Waals surface area (Å²) >= 11 is 5.24. The van der Waals surface area contributed by atoms with Crippen molar-refractivity contribution in [3.63, 3.8) is 0 Å². The maximum Gasteiger partial charge on any atom is 0.269 e. The Balaban J connectivity index is 1.94. The van der Waals surface area contributed by atoms with E-state index in [4.69, 9.17) is 12.2 Å². The molecule has 2 N–H and O–H groups in total. The first-order valence-corrected chi connectivity index (χ1v) is 6.84. The quantitative estimate of drug-likeness (QED) is 0.512. The van der Waals surface area contributed by atoms with Crippen LogP contribution < -0.4 is 10.6 Å². The van der Waals surface area contributed by atoms with E-state index in [1.165, 1.54) is 12.1 Å². The second-order valence-electron chi connectivity index (χ2n) is 4.53. The number of hydrogen-bond acceptors (Lipinski definition) is 3. The van der Waals surface area contributed by atoms with Crippen LogP contribution in [0.4, 0.5) is 11.4 Å². The number of nitro benzene ring substituents is 1. The SMILES string of the molecule is CC(NC(=S)Nc1ccc([N+](=O)[O-])cc1)c1ccccc1. The number of rotatable bonds is 4. The summed E-state index contributed by atoms with van der Waals surface area (Å²) in [5, 5.41) is 17.2. The summed E-state index contributed by atoms with van der Waals surface area (Å²) < 4.78 is 0. The van der Waals surface area contributed by atoms with Crippen molar-refractivity contribution in [2.75, 3.05) is 5.32 Å². The molecule has 1 unspecified atom stereocenters. The Bertz CT molecular complexity index is 629. The van der Waals surface area contributed by atoms with Crippen molar-refractivity contribution in [3.05, 3.63) is 70.3 Å². The van der Waals surface area contributed by atoms with Crippen LogP contribution >= 0.6 is 12.2 Å². The largest absolute Gasteiger partial charge is 0.356 e. The van der Waals surface area contributed by atoms with Crippen LogP contribution in [0.3, 0.4) is 0 Å². The van der Waals surface area contributed by atoms with E-state index in [-0.39, 0.29) is 11.7 Å². The van der Waals surface area contributed by atoms with Gasteiger partial charge in [0.05, 0.1) is 11.0 Å². The van der Waals surface area contributed by atoms with Crippen molar-refractivity contribution >= 4 is 28.7 Å². The van der Waals surface area contributed by atoms with Gasteiger partial charge in [-0.15, -0.1) is 0 Å². The summed E-state index contributed by atoms with van der Waals surface area (Å²) in [6, 6.07) is 16.1. The number of nitrogens with zero attached hydrogens (tertiary/aromatic N) is 1. The lowest BCUT2D eigenvalue weighted by atomic mass is 10.1. The highest BCUT2D eigenvalue weighted by Crippen LogP contribution is 2.16. The summed E-state index contributed by atoms with van der Waals surface area (Å²) in [7, 11) is 0. The van der Waals surface area contributed by atoms with Crippen LogP contribution in [0.1, 0.15) is 18.5 Å². The molecule has 0 radical (unpaired) electrons. The Hall–Kier alpha value is -2.47. The molecule has 2 aromatic carbocycles. The molecular formula is C15H15N3O2S. The van der Waals surface area contributed by atoms with Crippen molar-refractivity contribution in [2.24, 2.45) is 0 Å². The molecule has 0 bridgehead atoms. The molecule has 2 rings (SSSR count). The van der Waals surface area contributed by atoms with Gasteiger partial charge in [0, 0.05) is 17.8 Å². The maximum absolute atomic E-state index is 10.6. The number of nitro groups is 1. The Labute approximate surface area is 128 Å². The minimum absolute atomic E-state index is 0.0529. The number of nitrogens with one attached hydrogen (secondary N) is 2. The van der Waals surface area contributed by atoms with Gasteiger partial charge >= 0.3 is 0 Å². The lowest BCUT2D eigenvalue weighted by molar-refractivity contribution is -0.384. The fourth-order valence-electron chi connectivity index (χ4n) is 1.86. The van der Waals surface area contributed by atoms with Crippen LogP contribution in [0.5, 0.6) is 0 Å². The van der Waals surface area contributed by atoms with Gasteiger partial charge in [-0.2, -0.15) is 0 Å². The summed E-state index contributed by atoms with van der Waals surface area (Å²) in [5.41, 5.74) is 1.89. The predicted molar refractivity (Wildman–Crippen MR) is 87.3 cm³/mol. The molecule has 6 heteroatoms. The Kier molecular flexibility index (Phi) is 4.84. The average Bonchev–Trinajstić information content (AvgIpc) is 2.48. The summed E-state index contributed by atoms with van der Waals surface area (Å²) in [6.07, 6.45) is 0. The van der Waals surface area contributed by atoms with E-state index < -0.39 is 4.92 Å². The molecule has 0 aromatic heterocycles. The predicted octanol–water partition coefficient (Wildman–Crippen LogP) is 3.64. The normalized spacial score (nSPS) is 11.5. The molecule has 0 saturated heterocycles. The standard InChI is InChI=1S/C15H15N3O2S/c1-11(12-5-3-2-4-6-12)16-15(21)17-13-7-9-14(10-8-13)18(19)20/h2-11H,1H3,(H2,16,17,21). The van der Waals surface area contributed by atoms with E-state index in [9.17, 15) is 10.1 Å². The highest BCUT2D eigenvalue weighted by atomic mass is 32.1. The second kappa shape index (κ2) is 6.81. The molecule has 21 heavy (non-hydrogen) atoms. The van der Waals surface area contributed by atoms with Gasteiger partial charge in [0.2, 0.25) is 0 Å². The molecule has 0 spiro atoms. The minimum atomic E-state index is -0.433. The van der Waals surface area contributed by atoms with Crippen molar-refractivity contribution in [1.29, 1.82) is 0 Å². The summed E-state index contributed by atoms with van der Waals surface area (Å²) in [5.74, 6) is 0. The van der Waals surface area contributed by atoms with E-state index >= 15 is 0 Å². The summed E-state index contributed by atoms with van der Waals surface area (Å²) in [4.78, 5) is 10.2. The van der Waals surface area contributed by atoms with E-state index in [0.717, 1.165) is 5.56 Å². The zero-order valence-corrected chi connectivity index (χ0v) is 12.3. The van der Waals surface area contributed by atoms with Crippen molar-refractivity contribution in [2.45, 2.75) is 13.0 Å². The Morgan fingerprint density at radius 3 is 2.33 bits per heavy atom. The number of anilines is 1. The van der Waals surface area contributed by atoms with Gasteiger partial charge in [-0.25, -0.2) is 0 Å². The van der Waals surface area contributed by atoms with E-state index in [0.29, 0.717) is 10.8 Å². The fourth-order valence-corrected chi connectivity index (χ4v) is 2.15. The second-order valence-corrected chi connectivity index (χ2v) is 4.94. The smallest absolute Gasteiger partial charge is 0.269 e. The van der Waals surface area contributed by atoms with Gasteiger partial charge < -0.3 is 10.6 Å². The maximum atomic E-state index is 10.6. The molecule has 5 nitrogen and oxygen atoms in total. The average molecular weight is 301 g/mol. The van der Waals surface area contributed by atoms with Gasteiger partial charge in [0.15, 0.2) is 5.11 Å². The van der Waals surface area contributed by atoms with Crippen molar-refractivity contribution in [3.8, 4) is 0 Å². The lowest BCUT2D eigenvalue weighted by Crippen LogP contribution is -2.30. The van der Waals surface area contributed by atoms with Gasteiger partial charge in [0.25, 0.3) is 5.69 Å². The molecule has 108 valence electrons. The highest BCUT2D eigenvalue weighted by molar-refractivity contribution is 7.80. The lowest BCUT2D eigenvalue weighted by Gasteiger charge is -2.17. The number of non-ortho nitro benzene ring substituents is 1. The van der Waals surface area contributed by atoms with Crippen LogP contribution in [0.15, 0.2) is 54.6 Å². The van der Waals surface area contributed by atoms with Crippen LogP contribution in [-0.2, 0) is 0 Å². The zero-order chi connectivity index (χ0) is 15.2. The van der Waals surface area contributed by atoms with E-state index in [2.05, 4.69) is 10.6 Å². The number of benzene rings is 2.